The van der Waals surface area contributed by atoms with Crippen molar-refractivity contribution < 1.29 is 0 Å². The molecule has 1 heterocycles. The van der Waals surface area contributed by atoms with Gasteiger partial charge >= 0.3 is 0 Å². The maximum atomic E-state index is 3.72. The van der Waals surface area contributed by atoms with Crippen molar-refractivity contribution in [2.45, 2.75) is 45.6 Å². The van der Waals surface area contributed by atoms with Crippen molar-refractivity contribution >= 4 is 0 Å². The lowest BCUT2D eigenvalue weighted by Crippen LogP contribution is -2.29. The van der Waals surface area contributed by atoms with E-state index < -0.39 is 0 Å². The highest BCUT2D eigenvalue weighted by atomic mass is 14.9. The van der Waals surface area contributed by atoms with Gasteiger partial charge in [-0.1, -0.05) is 48.0 Å². The number of benzene rings is 2. The van der Waals surface area contributed by atoms with Crippen LogP contribution in [0.15, 0.2) is 42.5 Å². The molecule has 3 rings (SSSR count). The zero-order valence-electron chi connectivity index (χ0n) is 13.3. The summed E-state index contributed by atoms with van der Waals surface area (Å²) >= 11 is 0. The quantitative estimate of drug-likeness (QED) is 0.883. The highest BCUT2D eigenvalue weighted by molar-refractivity contribution is 5.41. The van der Waals surface area contributed by atoms with E-state index in [9.17, 15) is 0 Å². The molecule has 2 atom stereocenters. The van der Waals surface area contributed by atoms with Gasteiger partial charge in [-0.3, -0.25) is 0 Å². The normalized spacial score (nSPS) is 21.7. The molecule has 1 heteroatoms. The highest BCUT2D eigenvalue weighted by Crippen LogP contribution is 2.34. The van der Waals surface area contributed by atoms with Crippen LogP contribution >= 0.6 is 0 Å². The summed E-state index contributed by atoms with van der Waals surface area (Å²) in [6.45, 7) is 7.87. The lowest BCUT2D eigenvalue weighted by atomic mass is 9.83. The molecule has 2 aromatic carbocycles. The number of hydrogen-bond donors (Lipinski definition) is 1. The molecule has 1 N–H and O–H groups in total. The lowest BCUT2D eigenvalue weighted by molar-refractivity contribution is 0.541. The monoisotopic (exact) mass is 279 g/mol. The Balaban J connectivity index is 1.88. The minimum Gasteiger partial charge on any atom is -0.313 e. The van der Waals surface area contributed by atoms with Crippen molar-refractivity contribution in [1.29, 1.82) is 0 Å². The van der Waals surface area contributed by atoms with Crippen LogP contribution in [0, 0.1) is 20.8 Å². The van der Waals surface area contributed by atoms with Gasteiger partial charge in [0.05, 0.1) is 0 Å². The molecule has 21 heavy (non-hydrogen) atoms. The first-order chi connectivity index (χ1) is 10.1. The molecule has 0 aromatic heterocycles. The second-order valence-electron chi connectivity index (χ2n) is 6.46. The van der Waals surface area contributed by atoms with Crippen LogP contribution in [0.1, 0.15) is 40.2 Å². The Kier molecular flexibility index (Phi) is 4.12. The first-order valence-electron chi connectivity index (χ1n) is 8.00. The van der Waals surface area contributed by atoms with Gasteiger partial charge in [-0.05, 0) is 62.4 Å². The van der Waals surface area contributed by atoms with Crippen LogP contribution in [-0.2, 0) is 6.42 Å². The third kappa shape index (κ3) is 3.03. The van der Waals surface area contributed by atoms with Crippen molar-refractivity contribution in [2.24, 2.45) is 0 Å². The van der Waals surface area contributed by atoms with Crippen LogP contribution in [0.3, 0.4) is 0 Å². The second kappa shape index (κ2) is 6.03. The smallest absolute Gasteiger partial charge is 0.0177 e. The Bertz CT molecular complexity index is 592. The zero-order valence-corrected chi connectivity index (χ0v) is 13.3. The molecule has 1 saturated heterocycles. The molecule has 110 valence electrons. The summed E-state index contributed by atoms with van der Waals surface area (Å²) in [5.74, 6) is 0.644. The molecule has 1 aliphatic heterocycles. The Hall–Kier alpha value is -1.60. The van der Waals surface area contributed by atoms with E-state index in [1.54, 1.807) is 5.56 Å². The van der Waals surface area contributed by atoms with Gasteiger partial charge in [0.15, 0.2) is 0 Å². The van der Waals surface area contributed by atoms with Gasteiger partial charge in [-0.25, -0.2) is 0 Å². The van der Waals surface area contributed by atoms with E-state index in [4.69, 9.17) is 0 Å². The summed E-state index contributed by atoms with van der Waals surface area (Å²) in [5.41, 5.74) is 7.30. The fourth-order valence-electron chi connectivity index (χ4n) is 3.97. The second-order valence-corrected chi connectivity index (χ2v) is 6.46. The van der Waals surface area contributed by atoms with Gasteiger partial charge in [0, 0.05) is 12.0 Å². The van der Waals surface area contributed by atoms with Crippen molar-refractivity contribution in [2.75, 3.05) is 6.54 Å². The van der Waals surface area contributed by atoms with E-state index in [2.05, 4.69) is 68.6 Å². The van der Waals surface area contributed by atoms with Crippen LogP contribution in [-0.4, -0.2) is 12.6 Å². The van der Waals surface area contributed by atoms with Gasteiger partial charge in [-0.15, -0.1) is 0 Å². The van der Waals surface area contributed by atoms with E-state index in [1.807, 2.05) is 0 Å². The van der Waals surface area contributed by atoms with Crippen molar-refractivity contribution in [3.63, 3.8) is 0 Å². The number of aryl methyl sites for hydroxylation is 3. The SMILES string of the molecule is Cc1cc(C)c(C2CCNC2Cc2ccccc2)c(C)c1. The molecular weight excluding hydrogens is 254 g/mol. The van der Waals surface area contributed by atoms with Crippen molar-refractivity contribution in [3.8, 4) is 0 Å². The number of rotatable bonds is 3. The molecule has 2 unspecified atom stereocenters. The highest BCUT2D eigenvalue weighted by Gasteiger charge is 2.30. The third-order valence-corrected chi connectivity index (χ3v) is 4.75. The molecular formula is C20H25N. The minimum atomic E-state index is 0.563. The fraction of sp³-hybridized carbons (Fsp3) is 0.400. The summed E-state index contributed by atoms with van der Waals surface area (Å²) in [6.07, 6.45) is 2.38. The Morgan fingerprint density at radius 1 is 1.00 bits per heavy atom. The topological polar surface area (TPSA) is 12.0 Å². The van der Waals surface area contributed by atoms with Gasteiger partial charge in [0.25, 0.3) is 0 Å². The van der Waals surface area contributed by atoms with E-state index in [0.717, 1.165) is 13.0 Å². The molecule has 1 fully saturated rings. The zero-order chi connectivity index (χ0) is 14.8. The molecule has 2 aromatic rings. The Morgan fingerprint density at radius 3 is 2.33 bits per heavy atom. The first-order valence-corrected chi connectivity index (χ1v) is 8.00. The van der Waals surface area contributed by atoms with Crippen LogP contribution < -0.4 is 5.32 Å². The molecule has 1 nitrogen and oxygen atoms in total. The number of nitrogens with one attached hydrogen (secondary N) is 1. The van der Waals surface area contributed by atoms with Crippen LogP contribution in [0.4, 0.5) is 0 Å². The third-order valence-electron chi connectivity index (χ3n) is 4.75. The van der Waals surface area contributed by atoms with Crippen LogP contribution in [0.2, 0.25) is 0 Å². The van der Waals surface area contributed by atoms with E-state index >= 15 is 0 Å². The van der Waals surface area contributed by atoms with Gasteiger partial charge in [0.2, 0.25) is 0 Å². The van der Waals surface area contributed by atoms with E-state index in [1.165, 1.54) is 28.7 Å². The minimum absolute atomic E-state index is 0.563. The maximum absolute atomic E-state index is 3.72. The summed E-state index contributed by atoms with van der Waals surface area (Å²) in [7, 11) is 0. The van der Waals surface area contributed by atoms with E-state index in [0.29, 0.717) is 12.0 Å². The average Bonchev–Trinajstić information content (AvgIpc) is 2.87. The van der Waals surface area contributed by atoms with Gasteiger partial charge < -0.3 is 5.32 Å². The summed E-state index contributed by atoms with van der Waals surface area (Å²) in [4.78, 5) is 0. The van der Waals surface area contributed by atoms with E-state index in [-0.39, 0.29) is 0 Å². The van der Waals surface area contributed by atoms with Crippen molar-refractivity contribution in [1.82, 2.24) is 5.32 Å². The van der Waals surface area contributed by atoms with Crippen LogP contribution in [0.5, 0.6) is 0 Å². The first kappa shape index (κ1) is 14.3. The summed E-state index contributed by atoms with van der Waals surface area (Å²) < 4.78 is 0. The van der Waals surface area contributed by atoms with Crippen molar-refractivity contribution in [3.05, 3.63) is 70.3 Å². The molecule has 0 amide bonds. The predicted octanol–water partition coefficient (Wildman–Crippen LogP) is 4.30. The molecule has 0 radical (unpaired) electrons. The predicted molar refractivity (Wildman–Crippen MR) is 89.9 cm³/mol. The Morgan fingerprint density at radius 2 is 1.67 bits per heavy atom. The lowest BCUT2D eigenvalue weighted by Gasteiger charge is -2.24. The van der Waals surface area contributed by atoms with Crippen LogP contribution in [0.25, 0.3) is 0 Å². The standard InChI is InChI=1S/C20H25N/c1-14-11-15(2)20(16(3)12-14)18-9-10-21-19(18)13-17-7-5-4-6-8-17/h4-8,11-12,18-19,21H,9-10,13H2,1-3H3. The molecule has 0 saturated carbocycles. The molecule has 1 aliphatic rings. The Labute approximate surface area is 128 Å². The molecule has 0 spiro atoms. The summed E-state index contributed by atoms with van der Waals surface area (Å²) in [5, 5.41) is 3.72. The van der Waals surface area contributed by atoms with Gasteiger partial charge in [0.1, 0.15) is 0 Å². The summed E-state index contributed by atoms with van der Waals surface area (Å²) in [6, 6.07) is 16.1. The fourth-order valence-corrected chi connectivity index (χ4v) is 3.97. The molecule has 0 aliphatic carbocycles. The van der Waals surface area contributed by atoms with Gasteiger partial charge in [-0.2, -0.15) is 0 Å². The number of hydrogen-bond acceptors (Lipinski definition) is 1. The largest absolute Gasteiger partial charge is 0.313 e. The molecule has 0 bridgehead atoms. The average molecular weight is 279 g/mol. The maximum Gasteiger partial charge on any atom is 0.0177 e.